The molecule has 0 N–H and O–H groups in total. The molecule has 3 aromatic rings. The van der Waals surface area contributed by atoms with Gasteiger partial charge in [-0.15, -0.1) is 0 Å². The molecule has 1 amide bonds. The maximum atomic E-state index is 13.1. The van der Waals surface area contributed by atoms with E-state index in [9.17, 15) is 14.9 Å². The van der Waals surface area contributed by atoms with Gasteiger partial charge in [0.2, 0.25) is 6.79 Å². The van der Waals surface area contributed by atoms with Crippen LogP contribution in [0.25, 0.3) is 11.8 Å². The number of ether oxygens (including phenoxy) is 2. The summed E-state index contributed by atoms with van der Waals surface area (Å²) < 4.78 is 12.9. The summed E-state index contributed by atoms with van der Waals surface area (Å²) in [5, 5.41) is 11.1. The number of hydrogen-bond acceptors (Lipinski definition) is 7. The van der Waals surface area contributed by atoms with Crippen LogP contribution in [-0.4, -0.2) is 26.5 Å². The minimum atomic E-state index is -0.441. The molecule has 2 aliphatic rings. The molecule has 0 bridgehead atoms. The fourth-order valence-electron chi connectivity index (χ4n) is 3.35. The van der Waals surface area contributed by atoms with Crippen LogP contribution in [0.4, 0.5) is 11.4 Å². The van der Waals surface area contributed by atoms with Gasteiger partial charge < -0.3 is 14.0 Å². The Morgan fingerprint density at radius 1 is 1.06 bits per heavy atom. The van der Waals surface area contributed by atoms with E-state index >= 15 is 0 Å². The van der Waals surface area contributed by atoms with Crippen LogP contribution in [0.1, 0.15) is 5.69 Å². The van der Waals surface area contributed by atoms with E-state index < -0.39 is 4.92 Å². The Labute approximate surface area is 185 Å². The van der Waals surface area contributed by atoms with Crippen LogP contribution in [0, 0.1) is 10.1 Å². The number of hydrogen-bond donors (Lipinski definition) is 0. The van der Waals surface area contributed by atoms with Crippen LogP contribution >= 0.6 is 24.0 Å². The van der Waals surface area contributed by atoms with E-state index in [-0.39, 0.29) is 18.4 Å². The Morgan fingerprint density at radius 2 is 1.90 bits per heavy atom. The first kappa shape index (κ1) is 19.3. The number of aromatic nitrogens is 1. The third-order valence-corrected chi connectivity index (χ3v) is 6.09. The van der Waals surface area contributed by atoms with Crippen LogP contribution in [0.2, 0.25) is 0 Å². The molecule has 1 aromatic heterocycles. The number of rotatable bonds is 4. The number of non-ortho nitro benzene ring substituents is 1. The summed E-state index contributed by atoms with van der Waals surface area (Å²) in [7, 11) is 0. The normalized spacial score (nSPS) is 16.4. The number of amides is 1. The van der Waals surface area contributed by atoms with E-state index in [2.05, 4.69) is 0 Å². The van der Waals surface area contributed by atoms with Crippen molar-refractivity contribution < 1.29 is 19.2 Å². The van der Waals surface area contributed by atoms with Crippen molar-refractivity contribution in [3.63, 3.8) is 0 Å². The number of nitrogens with zero attached hydrogens (tertiary/aromatic N) is 3. The zero-order valence-electron chi connectivity index (χ0n) is 15.8. The SMILES string of the molecule is O=C1/C(=C/c2cccn2-c2cccc([N+](=O)[O-])c2)SC(=S)N1c1ccc2c(c1)OCO2. The Balaban J connectivity index is 1.47. The smallest absolute Gasteiger partial charge is 0.271 e. The van der Waals surface area contributed by atoms with Crippen molar-refractivity contribution >= 4 is 51.7 Å². The van der Waals surface area contributed by atoms with Crippen LogP contribution in [0.3, 0.4) is 0 Å². The average Bonchev–Trinajstić information content (AvgIpc) is 3.47. The molecule has 1 fully saturated rings. The van der Waals surface area contributed by atoms with Gasteiger partial charge in [-0.3, -0.25) is 19.8 Å². The standard InChI is InChI=1S/C21H13N3O5S2/c25-20-19(31-21(30)23(20)15-6-7-17-18(10-15)29-12-28-17)11-14-5-2-8-22(14)13-3-1-4-16(9-13)24(26)27/h1-11H,12H2/b19-11-. The minimum absolute atomic E-state index is 0.00807. The highest BCUT2D eigenvalue weighted by atomic mass is 32.2. The number of fused-ring (bicyclic) bond motifs is 1. The molecule has 0 unspecified atom stereocenters. The van der Waals surface area contributed by atoms with Crippen molar-refractivity contribution in [3.8, 4) is 17.2 Å². The van der Waals surface area contributed by atoms with Crippen molar-refractivity contribution in [2.45, 2.75) is 0 Å². The summed E-state index contributed by atoms with van der Waals surface area (Å²) in [5.41, 5.74) is 1.92. The molecule has 8 nitrogen and oxygen atoms in total. The highest BCUT2D eigenvalue weighted by Crippen LogP contribution is 2.41. The third-order valence-electron chi connectivity index (χ3n) is 4.79. The molecule has 0 saturated carbocycles. The van der Waals surface area contributed by atoms with Gasteiger partial charge in [0.1, 0.15) is 0 Å². The molecule has 154 valence electrons. The van der Waals surface area contributed by atoms with E-state index in [4.69, 9.17) is 21.7 Å². The second-order valence-electron chi connectivity index (χ2n) is 6.63. The summed E-state index contributed by atoms with van der Waals surface area (Å²) in [4.78, 5) is 25.7. The highest BCUT2D eigenvalue weighted by Gasteiger charge is 2.34. The number of nitro groups is 1. The molecule has 1 saturated heterocycles. The lowest BCUT2D eigenvalue weighted by molar-refractivity contribution is -0.384. The topological polar surface area (TPSA) is 86.8 Å². The first-order chi connectivity index (χ1) is 15.0. The second kappa shape index (κ2) is 7.56. The van der Waals surface area contributed by atoms with Gasteiger partial charge in [0, 0.05) is 30.1 Å². The number of thiocarbonyl (C=S) groups is 1. The molecule has 31 heavy (non-hydrogen) atoms. The first-order valence-corrected chi connectivity index (χ1v) is 10.3. The number of thioether (sulfide) groups is 1. The van der Waals surface area contributed by atoms with Crippen LogP contribution < -0.4 is 14.4 Å². The van der Waals surface area contributed by atoms with Crippen molar-refractivity contribution in [2.75, 3.05) is 11.7 Å². The maximum absolute atomic E-state index is 13.1. The quantitative estimate of drug-likeness (QED) is 0.249. The summed E-state index contributed by atoms with van der Waals surface area (Å²) in [6.45, 7) is 0.145. The average molecular weight is 451 g/mol. The Hall–Kier alpha value is -3.63. The van der Waals surface area contributed by atoms with Crippen LogP contribution in [0.5, 0.6) is 11.5 Å². The molecule has 0 aliphatic carbocycles. The highest BCUT2D eigenvalue weighted by molar-refractivity contribution is 8.27. The van der Waals surface area contributed by atoms with Gasteiger partial charge in [0.15, 0.2) is 15.8 Å². The second-order valence-corrected chi connectivity index (χ2v) is 8.31. The fourth-order valence-corrected chi connectivity index (χ4v) is 4.64. The zero-order chi connectivity index (χ0) is 21.5. The molecule has 10 heteroatoms. The van der Waals surface area contributed by atoms with Gasteiger partial charge in [-0.25, -0.2) is 0 Å². The summed E-state index contributed by atoms with van der Waals surface area (Å²) in [6, 6.07) is 15.2. The van der Waals surface area contributed by atoms with E-state index in [1.807, 2.05) is 12.1 Å². The van der Waals surface area contributed by atoms with Gasteiger partial charge in [-0.2, -0.15) is 0 Å². The number of benzene rings is 2. The molecular formula is C21H13N3O5S2. The van der Waals surface area contributed by atoms with Crippen LogP contribution in [-0.2, 0) is 4.79 Å². The predicted molar refractivity (Wildman–Crippen MR) is 121 cm³/mol. The molecule has 0 atom stereocenters. The summed E-state index contributed by atoms with van der Waals surface area (Å²) in [5.74, 6) is 0.940. The van der Waals surface area contributed by atoms with Crippen molar-refractivity contribution in [1.29, 1.82) is 0 Å². The van der Waals surface area contributed by atoms with Crippen LogP contribution in [0.15, 0.2) is 65.7 Å². The molecule has 0 radical (unpaired) electrons. The number of carbonyl (C=O) groups is 1. The van der Waals surface area contributed by atoms with Crippen molar-refractivity contribution in [1.82, 2.24) is 4.57 Å². The van der Waals surface area contributed by atoms with E-state index in [0.29, 0.717) is 37.8 Å². The van der Waals surface area contributed by atoms with E-state index in [1.54, 1.807) is 47.2 Å². The lowest BCUT2D eigenvalue weighted by atomic mass is 10.2. The summed E-state index contributed by atoms with van der Waals surface area (Å²) in [6.07, 6.45) is 3.51. The van der Waals surface area contributed by atoms with Gasteiger partial charge in [-0.05, 0) is 36.4 Å². The molecule has 5 rings (SSSR count). The molecule has 2 aromatic carbocycles. The Bertz CT molecular complexity index is 1280. The monoisotopic (exact) mass is 451 g/mol. The number of anilines is 1. The van der Waals surface area contributed by atoms with Gasteiger partial charge in [0.25, 0.3) is 11.6 Å². The van der Waals surface area contributed by atoms with Gasteiger partial charge in [-0.1, -0.05) is 30.0 Å². The Morgan fingerprint density at radius 3 is 2.74 bits per heavy atom. The molecule has 0 spiro atoms. The first-order valence-electron chi connectivity index (χ1n) is 9.11. The Kier molecular flexibility index (Phi) is 4.72. The van der Waals surface area contributed by atoms with Crippen molar-refractivity contribution in [3.05, 3.63) is 81.5 Å². The molecule has 3 heterocycles. The van der Waals surface area contributed by atoms with E-state index in [0.717, 1.165) is 0 Å². The lowest BCUT2D eigenvalue weighted by Gasteiger charge is -2.14. The lowest BCUT2D eigenvalue weighted by Crippen LogP contribution is -2.27. The minimum Gasteiger partial charge on any atom is -0.454 e. The molecule has 2 aliphatic heterocycles. The largest absolute Gasteiger partial charge is 0.454 e. The maximum Gasteiger partial charge on any atom is 0.271 e. The number of carbonyl (C=O) groups excluding carboxylic acids is 1. The van der Waals surface area contributed by atoms with Gasteiger partial charge >= 0.3 is 0 Å². The number of nitro benzene ring substituents is 1. The predicted octanol–water partition coefficient (Wildman–Crippen LogP) is 4.52. The fraction of sp³-hybridized carbons (Fsp3) is 0.0476. The van der Waals surface area contributed by atoms with Crippen molar-refractivity contribution in [2.24, 2.45) is 0 Å². The van der Waals surface area contributed by atoms with E-state index in [1.165, 1.54) is 28.8 Å². The zero-order valence-corrected chi connectivity index (χ0v) is 17.4. The van der Waals surface area contributed by atoms with Gasteiger partial charge in [0.05, 0.1) is 21.2 Å². The summed E-state index contributed by atoms with van der Waals surface area (Å²) >= 11 is 6.64. The molecular weight excluding hydrogens is 438 g/mol. The third kappa shape index (κ3) is 3.45.